The summed E-state index contributed by atoms with van der Waals surface area (Å²) in [6, 6.07) is 16.9. The molecular weight excluding hydrogens is 584 g/mol. The fraction of sp³-hybridized carbons (Fsp3) is 0.207. The molecule has 1 saturated heterocycles. The molecule has 1 atom stereocenters. The van der Waals surface area contributed by atoms with Crippen LogP contribution in [-0.2, 0) is 4.79 Å². The minimum atomic E-state index is -5.08. The van der Waals surface area contributed by atoms with Gasteiger partial charge in [0.1, 0.15) is 17.2 Å². The van der Waals surface area contributed by atoms with Crippen LogP contribution in [0.3, 0.4) is 0 Å². The Hall–Kier alpha value is -5.49. The topological polar surface area (TPSA) is 150 Å². The van der Waals surface area contributed by atoms with Crippen molar-refractivity contribution in [3.63, 3.8) is 0 Å². The highest BCUT2D eigenvalue weighted by molar-refractivity contribution is 6.10. The van der Waals surface area contributed by atoms with E-state index in [1.165, 1.54) is 16.8 Å². The van der Waals surface area contributed by atoms with Gasteiger partial charge in [-0.25, -0.2) is 19.2 Å². The molecule has 11 nitrogen and oxygen atoms in total. The zero-order chi connectivity index (χ0) is 31.4. The van der Waals surface area contributed by atoms with E-state index >= 15 is 4.39 Å². The van der Waals surface area contributed by atoms with Crippen molar-refractivity contribution in [1.82, 2.24) is 30.3 Å². The van der Waals surface area contributed by atoms with Crippen LogP contribution in [-0.4, -0.2) is 67.3 Å². The number of hydrogen-bond donors (Lipinski definition) is 2. The molecule has 15 heteroatoms. The molecular formula is C29H22F4N8O3. The molecule has 1 fully saturated rings. The molecule has 2 aromatic carbocycles. The molecule has 1 amide bonds. The van der Waals surface area contributed by atoms with Crippen molar-refractivity contribution < 1.29 is 32.3 Å². The molecule has 0 saturated carbocycles. The van der Waals surface area contributed by atoms with Crippen molar-refractivity contribution in [2.75, 3.05) is 18.0 Å². The Balaban J connectivity index is 0.000000493. The number of hydrogen-bond acceptors (Lipinski definition) is 8. The number of pyridine rings is 2. The number of nitrogens with zero attached hydrogens (tertiary/aromatic N) is 7. The quantitative estimate of drug-likeness (QED) is 0.284. The van der Waals surface area contributed by atoms with Crippen LogP contribution in [0, 0.1) is 17.1 Å². The first-order valence-electron chi connectivity index (χ1n) is 13.2. The SMILES string of the molecule is N#Cc1ccc2ccnc(N(C(=O)c3ccc(-n4nnc5cccnc54)cc3F)[C@@H]3CCCNC3)c2c1.O=C(O)C(F)(F)F. The van der Waals surface area contributed by atoms with E-state index in [9.17, 15) is 23.2 Å². The number of benzene rings is 2. The van der Waals surface area contributed by atoms with E-state index in [0.717, 1.165) is 24.8 Å². The van der Waals surface area contributed by atoms with Crippen LogP contribution in [0.1, 0.15) is 28.8 Å². The average molecular weight is 607 g/mol. The molecule has 0 unspecified atom stereocenters. The highest BCUT2D eigenvalue weighted by Gasteiger charge is 2.38. The third kappa shape index (κ3) is 6.15. The van der Waals surface area contributed by atoms with Gasteiger partial charge in [0.05, 0.1) is 28.9 Å². The van der Waals surface area contributed by atoms with Gasteiger partial charge in [-0.2, -0.15) is 23.1 Å². The van der Waals surface area contributed by atoms with Gasteiger partial charge in [0.15, 0.2) is 5.65 Å². The Morgan fingerprint density at radius 1 is 1.09 bits per heavy atom. The highest BCUT2D eigenvalue weighted by atomic mass is 19.4. The summed E-state index contributed by atoms with van der Waals surface area (Å²) in [5, 5.41) is 29.6. The fourth-order valence-corrected chi connectivity index (χ4v) is 4.78. The van der Waals surface area contributed by atoms with Crippen molar-refractivity contribution in [3.8, 4) is 11.8 Å². The molecule has 5 aromatic rings. The van der Waals surface area contributed by atoms with Crippen molar-refractivity contribution in [1.29, 1.82) is 5.26 Å². The van der Waals surface area contributed by atoms with E-state index < -0.39 is 23.9 Å². The lowest BCUT2D eigenvalue weighted by Crippen LogP contribution is -2.49. The number of rotatable bonds is 4. The molecule has 0 aliphatic carbocycles. The lowest BCUT2D eigenvalue weighted by molar-refractivity contribution is -0.192. The third-order valence-corrected chi connectivity index (χ3v) is 6.84. The molecule has 44 heavy (non-hydrogen) atoms. The number of aromatic nitrogens is 5. The smallest absolute Gasteiger partial charge is 0.475 e. The number of carboxylic acids is 1. The normalized spacial score (nSPS) is 14.8. The molecule has 6 rings (SSSR count). The van der Waals surface area contributed by atoms with Crippen molar-refractivity contribution >= 4 is 39.6 Å². The number of carbonyl (C=O) groups is 2. The molecule has 2 N–H and O–H groups in total. The number of carbonyl (C=O) groups excluding carboxylic acids is 1. The Labute approximate surface area is 246 Å². The second-order valence-corrected chi connectivity index (χ2v) is 9.67. The van der Waals surface area contributed by atoms with Crippen LogP contribution in [0.4, 0.5) is 23.4 Å². The number of amides is 1. The Morgan fingerprint density at radius 3 is 2.57 bits per heavy atom. The van der Waals surface area contributed by atoms with Gasteiger partial charge in [0.2, 0.25) is 0 Å². The van der Waals surface area contributed by atoms with Crippen LogP contribution in [0.25, 0.3) is 27.6 Å². The summed E-state index contributed by atoms with van der Waals surface area (Å²) in [5.41, 5.74) is 1.85. The predicted octanol–water partition coefficient (Wildman–Crippen LogP) is 4.41. The minimum Gasteiger partial charge on any atom is -0.475 e. The van der Waals surface area contributed by atoms with E-state index in [0.29, 0.717) is 40.2 Å². The zero-order valence-electron chi connectivity index (χ0n) is 22.7. The summed E-state index contributed by atoms with van der Waals surface area (Å²) < 4.78 is 48.7. The summed E-state index contributed by atoms with van der Waals surface area (Å²) >= 11 is 0. The first kappa shape index (κ1) is 30.0. The molecule has 224 valence electrons. The van der Waals surface area contributed by atoms with Gasteiger partial charge in [0.25, 0.3) is 5.91 Å². The number of carboxylic acid groups (broad SMARTS) is 1. The van der Waals surface area contributed by atoms with Crippen molar-refractivity contribution in [3.05, 3.63) is 83.9 Å². The van der Waals surface area contributed by atoms with E-state index in [2.05, 4.69) is 31.7 Å². The second-order valence-electron chi connectivity index (χ2n) is 9.67. The molecule has 0 radical (unpaired) electrons. The van der Waals surface area contributed by atoms with Crippen LogP contribution < -0.4 is 10.2 Å². The maximum absolute atomic E-state index is 15.6. The van der Waals surface area contributed by atoms with E-state index in [-0.39, 0.29) is 11.6 Å². The van der Waals surface area contributed by atoms with E-state index in [1.54, 1.807) is 47.6 Å². The first-order chi connectivity index (χ1) is 21.1. The highest BCUT2D eigenvalue weighted by Crippen LogP contribution is 2.31. The van der Waals surface area contributed by atoms with Crippen molar-refractivity contribution in [2.45, 2.75) is 25.1 Å². The zero-order valence-corrected chi connectivity index (χ0v) is 22.7. The maximum Gasteiger partial charge on any atom is 0.490 e. The summed E-state index contributed by atoms with van der Waals surface area (Å²) in [5.74, 6) is -3.54. The molecule has 4 heterocycles. The van der Waals surface area contributed by atoms with Crippen LogP contribution in [0.5, 0.6) is 0 Å². The van der Waals surface area contributed by atoms with Gasteiger partial charge in [-0.05, 0) is 67.2 Å². The Kier molecular flexibility index (Phi) is 8.45. The number of aliphatic carboxylic acids is 1. The molecule has 0 spiro atoms. The lowest BCUT2D eigenvalue weighted by Gasteiger charge is -2.34. The summed E-state index contributed by atoms with van der Waals surface area (Å²) in [7, 11) is 0. The Morgan fingerprint density at radius 2 is 1.89 bits per heavy atom. The third-order valence-electron chi connectivity index (χ3n) is 6.84. The van der Waals surface area contributed by atoms with Crippen LogP contribution in [0.2, 0.25) is 0 Å². The summed E-state index contributed by atoms with van der Waals surface area (Å²) in [6.45, 7) is 1.40. The molecule has 3 aromatic heterocycles. The fourth-order valence-electron chi connectivity index (χ4n) is 4.78. The van der Waals surface area contributed by atoms with Crippen LogP contribution >= 0.6 is 0 Å². The van der Waals surface area contributed by atoms with Crippen molar-refractivity contribution in [2.24, 2.45) is 0 Å². The Bertz CT molecular complexity index is 1900. The van der Waals surface area contributed by atoms with Gasteiger partial charge in [-0.15, -0.1) is 5.10 Å². The summed E-state index contributed by atoms with van der Waals surface area (Å²) in [4.78, 5) is 33.3. The van der Waals surface area contributed by atoms with E-state index in [1.807, 2.05) is 12.1 Å². The number of piperidine rings is 1. The number of alkyl halides is 3. The molecule has 1 aliphatic rings. The number of halogens is 4. The van der Waals surface area contributed by atoms with Gasteiger partial charge >= 0.3 is 12.1 Å². The number of anilines is 1. The molecule has 1 aliphatic heterocycles. The number of nitriles is 1. The van der Waals surface area contributed by atoms with E-state index in [4.69, 9.17) is 9.90 Å². The van der Waals surface area contributed by atoms with Crippen LogP contribution in [0.15, 0.2) is 67.0 Å². The average Bonchev–Trinajstić information content (AvgIpc) is 3.45. The summed E-state index contributed by atoms with van der Waals surface area (Å²) in [6.07, 6.45) is -0.231. The second kappa shape index (κ2) is 12.4. The van der Waals surface area contributed by atoms with Gasteiger partial charge in [-0.1, -0.05) is 11.3 Å². The van der Waals surface area contributed by atoms with Gasteiger partial charge < -0.3 is 10.4 Å². The molecule has 0 bridgehead atoms. The van der Waals surface area contributed by atoms with Gasteiger partial charge in [0, 0.05) is 30.4 Å². The lowest BCUT2D eigenvalue weighted by atomic mass is 10.0. The maximum atomic E-state index is 15.6. The van der Waals surface area contributed by atoms with Gasteiger partial charge in [-0.3, -0.25) is 9.69 Å². The standard InChI is InChI=1S/C27H21FN8O.C2HF3O2/c28-23-14-19(36-26-24(33-34-36)4-2-11-31-26)7-8-21(23)27(37)35(20-3-1-10-30-16-20)25-22-13-17(15-29)5-6-18(22)9-12-32-25;3-2(4,5)1(6)7/h2,4-9,11-14,20,30H,1,3,10,16H2;(H,6,7)/t20-;/m1./s1. The number of nitrogens with one attached hydrogen (secondary N) is 1. The minimum absolute atomic E-state index is 0.0815. The first-order valence-corrected chi connectivity index (χ1v) is 13.2. The predicted molar refractivity (Wildman–Crippen MR) is 149 cm³/mol. The largest absolute Gasteiger partial charge is 0.490 e. The monoisotopic (exact) mass is 606 g/mol. The number of fused-ring (bicyclic) bond motifs is 2.